The molecule has 0 aliphatic carbocycles. The molecular formula is C30H44N2O7. The van der Waals surface area contributed by atoms with Crippen LogP contribution < -0.4 is 11.1 Å². The van der Waals surface area contributed by atoms with Crippen LogP contribution in [0, 0.1) is 5.92 Å². The molecule has 5 atom stereocenters. The van der Waals surface area contributed by atoms with Crippen LogP contribution in [0.1, 0.15) is 66.2 Å². The number of nitrogens with one attached hydrogen (secondary N) is 1. The minimum atomic E-state index is -1.11. The van der Waals surface area contributed by atoms with E-state index < -0.39 is 36.5 Å². The van der Waals surface area contributed by atoms with E-state index in [4.69, 9.17) is 15.2 Å². The van der Waals surface area contributed by atoms with Crippen LogP contribution in [-0.4, -0.2) is 52.6 Å². The Bertz CT molecular complexity index is 978. The molecule has 1 heterocycles. The number of aliphatic hydroxyl groups excluding tert-OH is 2. The third-order valence-electron chi connectivity index (χ3n) is 5.97. The highest BCUT2D eigenvalue weighted by atomic mass is 16.6. The van der Waals surface area contributed by atoms with Crippen LogP contribution in [0.2, 0.25) is 0 Å². The molecule has 1 rings (SSSR count). The lowest BCUT2D eigenvalue weighted by Gasteiger charge is -2.22. The molecule has 1 aliphatic heterocycles. The Kier molecular flexibility index (Phi) is 16.2. The van der Waals surface area contributed by atoms with Crippen molar-refractivity contribution in [3.05, 3.63) is 72.0 Å². The number of hydrogen-bond donors (Lipinski definition) is 4. The molecule has 216 valence electrons. The van der Waals surface area contributed by atoms with Crippen LogP contribution in [0.5, 0.6) is 0 Å². The standard InChI is InChI=1S/C30H44N2O7/c1-21-11-7-5-9-13-27(39-30(31)37)26(35)16-15-25(34)12-8-6-10-14-29(36)38-28(20-21)23(3)19-22(2)17-18-32-24(4)33/h5,7,10-11,14-19,23,25-28,34-35H,6,8-9,12-13,20H2,1-4H3,(H2,31,37)(H,32,33)/b7-5+,14-10+,16-15+,18-17+,21-11+,22-19+/t23-,25+,26+,27+,28-/m1/s1. The van der Waals surface area contributed by atoms with Gasteiger partial charge >= 0.3 is 12.1 Å². The highest BCUT2D eigenvalue weighted by Crippen LogP contribution is 2.21. The number of allylic oxidation sites excluding steroid dienone is 6. The van der Waals surface area contributed by atoms with Gasteiger partial charge in [0.15, 0.2) is 0 Å². The van der Waals surface area contributed by atoms with Gasteiger partial charge in [-0.3, -0.25) is 4.79 Å². The Hall–Kier alpha value is -3.43. The Labute approximate surface area is 231 Å². The fraction of sp³-hybridized carbons (Fsp3) is 0.500. The van der Waals surface area contributed by atoms with Crippen molar-refractivity contribution < 1.29 is 34.1 Å². The molecule has 1 aliphatic rings. The second-order valence-corrected chi connectivity index (χ2v) is 9.75. The molecule has 2 amide bonds. The first kappa shape index (κ1) is 33.6. The van der Waals surface area contributed by atoms with Gasteiger partial charge in [-0.1, -0.05) is 60.6 Å². The molecule has 0 saturated heterocycles. The number of nitrogens with two attached hydrogens (primary N) is 1. The van der Waals surface area contributed by atoms with Crippen LogP contribution >= 0.6 is 0 Å². The average molecular weight is 545 g/mol. The lowest BCUT2D eigenvalue weighted by atomic mass is 9.95. The number of cyclic esters (lactones) is 1. The first-order valence-electron chi connectivity index (χ1n) is 13.3. The van der Waals surface area contributed by atoms with Gasteiger partial charge in [0, 0.05) is 31.5 Å². The molecule has 0 spiro atoms. The summed E-state index contributed by atoms with van der Waals surface area (Å²) >= 11 is 0. The number of carbonyl (C=O) groups excluding carboxylic acids is 3. The molecule has 0 radical (unpaired) electrons. The Morgan fingerprint density at radius 2 is 1.92 bits per heavy atom. The van der Waals surface area contributed by atoms with Crippen molar-refractivity contribution >= 4 is 18.0 Å². The van der Waals surface area contributed by atoms with Crippen molar-refractivity contribution in [3.8, 4) is 0 Å². The predicted molar refractivity (Wildman–Crippen MR) is 151 cm³/mol. The van der Waals surface area contributed by atoms with E-state index in [1.165, 1.54) is 25.2 Å². The molecule has 39 heavy (non-hydrogen) atoms. The van der Waals surface area contributed by atoms with Crippen molar-refractivity contribution in [2.75, 3.05) is 0 Å². The summed E-state index contributed by atoms with van der Waals surface area (Å²) in [5, 5.41) is 23.2. The van der Waals surface area contributed by atoms with Crippen molar-refractivity contribution in [1.29, 1.82) is 0 Å². The molecule has 0 unspecified atom stereocenters. The zero-order valence-corrected chi connectivity index (χ0v) is 23.4. The molecule has 0 aromatic heterocycles. The largest absolute Gasteiger partial charge is 0.458 e. The normalized spacial score (nSPS) is 29.2. The number of carbonyl (C=O) groups is 3. The first-order valence-corrected chi connectivity index (χ1v) is 13.3. The van der Waals surface area contributed by atoms with Gasteiger partial charge in [0.2, 0.25) is 5.91 Å². The fourth-order valence-electron chi connectivity index (χ4n) is 3.90. The quantitative estimate of drug-likeness (QED) is 0.229. The van der Waals surface area contributed by atoms with Gasteiger partial charge < -0.3 is 30.7 Å². The molecule has 0 aromatic carbocycles. The number of rotatable bonds is 5. The second-order valence-electron chi connectivity index (χ2n) is 9.75. The Morgan fingerprint density at radius 1 is 1.18 bits per heavy atom. The van der Waals surface area contributed by atoms with E-state index in [0.717, 1.165) is 11.1 Å². The molecule has 0 fully saturated rings. The lowest BCUT2D eigenvalue weighted by molar-refractivity contribution is -0.144. The second kappa shape index (κ2) is 18.8. The summed E-state index contributed by atoms with van der Waals surface area (Å²) in [6.07, 6.45) is 15.8. The topological polar surface area (TPSA) is 148 Å². The fourth-order valence-corrected chi connectivity index (χ4v) is 3.90. The SMILES string of the molecule is CC(=O)N/C=C/C(C)=C/[C@@H](C)[C@H]1C/C(C)=C/C=C/CC[C@H](OC(N)=O)[C@@H](O)/C=C/[C@@H](O)CCC/C=C/C(=O)O1. The van der Waals surface area contributed by atoms with Gasteiger partial charge in [-0.25, -0.2) is 9.59 Å². The van der Waals surface area contributed by atoms with E-state index in [9.17, 15) is 24.6 Å². The van der Waals surface area contributed by atoms with Crippen molar-refractivity contribution in [1.82, 2.24) is 5.32 Å². The zero-order chi connectivity index (χ0) is 29.2. The van der Waals surface area contributed by atoms with E-state index in [1.54, 1.807) is 18.4 Å². The summed E-state index contributed by atoms with van der Waals surface area (Å²) in [7, 11) is 0. The maximum atomic E-state index is 12.6. The predicted octanol–water partition coefficient (Wildman–Crippen LogP) is 4.29. The number of ether oxygens (including phenoxy) is 2. The van der Waals surface area contributed by atoms with Gasteiger partial charge in [-0.2, -0.15) is 0 Å². The van der Waals surface area contributed by atoms with Gasteiger partial charge in [0.1, 0.15) is 18.3 Å². The van der Waals surface area contributed by atoms with Crippen LogP contribution in [0.25, 0.3) is 0 Å². The molecule has 5 N–H and O–H groups in total. The summed E-state index contributed by atoms with van der Waals surface area (Å²) < 4.78 is 10.9. The number of esters is 1. The molecule has 9 nitrogen and oxygen atoms in total. The monoisotopic (exact) mass is 544 g/mol. The number of primary amides is 1. The molecule has 0 bridgehead atoms. The number of amides is 2. The Morgan fingerprint density at radius 3 is 2.62 bits per heavy atom. The summed E-state index contributed by atoms with van der Waals surface area (Å²) in [5.41, 5.74) is 7.07. The van der Waals surface area contributed by atoms with Gasteiger partial charge in [0.25, 0.3) is 0 Å². The summed E-state index contributed by atoms with van der Waals surface area (Å²) in [5.74, 6) is -0.701. The van der Waals surface area contributed by atoms with Crippen molar-refractivity contribution in [3.63, 3.8) is 0 Å². The highest BCUT2D eigenvalue weighted by Gasteiger charge is 2.21. The van der Waals surface area contributed by atoms with Gasteiger partial charge in [0.05, 0.1) is 6.10 Å². The summed E-state index contributed by atoms with van der Waals surface area (Å²) in [6.45, 7) is 7.26. The van der Waals surface area contributed by atoms with Gasteiger partial charge in [-0.05, 0) is 52.0 Å². The number of hydrogen-bond acceptors (Lipinski definition) is 7. The highest BCUT2D eigenvalue weighted by molar-refractivity contribution is 5.82. The lowest BCUT2D eigenvalue weighted by Crippen LogP contribution is -2.32. The van der Waals surface area contributed by atoms with Crippen molar-refractivity contribution in [2.24, 2.45) is 11.7 Å². The smallest absolute Gasteiger partial charge is 0.404 e. The molecule has 0 saturated carbocycles. The average Bonchev–Trinajstić information content (AvgIpc) is 2.84. The Balaban J connectivity index is 3.10. The zero-order valence-electron chi connectivity index (χ0n) is 23.4. The van der Waals surface area contributed by atoms with E-state index in [1.807, 2.05) is 45.1 Å². The maximum absolute atomic E-state index is 12.6. The molecule has 0 aromatic rings. The number of aliphatic hydroxyl groups is 2. The maximum Gasteiger partial charge on any atom is 0.404 e. The van der Waals surface area contributed by atoms with E-state index in [-0.39, 0.29) is 11.8 Å². The third kappa shape index (κ3) is 16.2. The van der Waals surface area contributed by atoms with Crippen LogP contribution in [0.4, 0.5) is 4.79 Å². The summed E-state index contributed by atoms with van der Waals surface area (Å²) in [4.78, 5) is 34.9. The van der Waals surface area contributed by atoms with Crippen LogP contribution in [0.3, 0.4) is 0 Å². The summed E-state index contributed by atoms with van der Waals surface area (Å²) in [6, 6.07) is 0. The molecule has 9 heteroatoms. The van der Waals surface area contributed by atoms with Crippen LogP contribution in [0.15, 0.2) is 72.0 Å². The minimum Gasteiger partial charge on any atom is -0.458 e. The van der Waals surface area contributed by atoms with Gasteiger partial charge in [-0.15, -0.1) is 0 Å². The van der Waals surface area contributed by atoms with E-state index in [0.29, 0.717) is 38.5 Å². The first-order chi connectivity index (χ1) is 18.5. The van der Waals surface area contributed by atoms with Crippen LogP contribution in [-0.2, 0) is 19.1 Å². The molecular weight excluding hydrogens is 500 g/mol. The van der Waals surface area contributed by atoms with Crippen molar-refractivity contribution in [2.45, 2.75) is 90.6 Å². The van der Waals surface area contributed by atoms with E-state index >= 15 is 0 Å². The minimum absolute atomic E-state index is 0.107. The van der Waals surface area contributed by atoms with E-state index in [2.05, 4.69) is 5.32 Å². The third-order valence-corrected chi connectivity index (χ3v) is 5.97.